The maximum Gasteiger partial charge on any atom is 0.110 e. The Kier molecular flexibility index (Phi) is 2.08. The van der Waals surface area contributed by atoms with Crippen LogP contribution in [0.15, 0.2) is 22.9 Å². The first-order valence-corrected chi connectivity index (χ1v) is 4.53. The zero-order valence-electron chi connectivity index (χ0n) is 8.53. The molecule has 0 unspecified atom stereocenters. The highest BCUT2D eigenvalue weighted by atomic mass is 16.3. The van der Waals surface area contributed by atoms with E-state index in [1.54, 1.807) is 12.5 Å². The van der Waals surface area contributed by atoms with E-state index in [0.717, 1.165) is 28.4 Å². The smallest absolute Gasteiger partial charge is 0.110 e. The number of furan rings is 1. The van der Waals surface area contributed by atoms with Crippen molar-refractivity contribution in [3.8, 4) is 11.3 Å². The highest BCUT2D eigenvalue weighted by molar-refractivity contribution is 5.60. The fourth-order valence-corrected chi connectivity index (χ4v) is 1.32. The molecule has 2 rings (SSSR count). The third kappa shape index (κ3) is 1.41. The van der Waals surface area contributed by atoms with Crippen molar-refractivity contribution in [3.63, 3.8) is 0 Å². The molecule has 0 saturated carbocycles. The van der Waals surface area contributed by atoms with Gasteiger partial charge in [0, 0.05) is 5.56 Å². The molecule has 0 amide bonds. The van der Waals surface area contributed by atoms with Crippen LogP contribution in [0.25, 0.3) is 11.3 Å². The third-order valence-corrected chi connectivity index (χ3v) is 2.33. The van der Waals surface area contributed by atoms with Crippen LogP contribution in [0, 0.1) is 20.8 Å². The van der Waals surface area contributed by atoms with Gasteiger partial charge in [0.1, 0.15) is 5.76 Å². The van der Waals surface area contributed by atoms with E-state index in [-0.39, 0.29) is 0 Å². The standard InChI is InChI=1S/C11H12N2O/c1-7-8(2)13-11(6-12-7)10-4-5-14-9(10)3/h4-6H,1-3H3. The Morgan fingerprint density at radius 1 is 1.14 bits per heavy atom. The molecule has 3 nitrogen and oxygen atoms in total. The Morgan fingerprint density at radius 2 is 1.93 bits per heavy atom. The van der Waals surface area contributed by atoms with Crippen LogP contribution in [-0.2, 0) is 0 Å². The molecular formula is C11H12N2O. The topological polar surface area (TPSA) is 38.9 Å². The fraction of sp³-hybridized carbons (Fsp3) is 0.273. The van der Waals surface area contributed by atoms with E-state index in [2.05, 4.69) is 9.97 Å². The van der Waals surface area contributed by atoms with Gasteiger partial charge in [-0.2, -0.15) is 0 Å². The number of hydrogen-bond acceptors (Lipinski definition) is 3. The van der Waals surface area contributed by atoms with Gasteiger partial charge in [-0.25, -0.2) is 4.98 Å². The molecular weight excluding hydrogens is 176 g/mol. The Bertz CT molecular complexity index is 460. The first kappa shape index (κ1) is 8.94. The molecule has 2 aromatic rings. The molecule has 14 heavy (non-hydrogen) atoms. The summed E-state index contributed by atoms with van der Waals surface area (Å²) in [5.41, 5.74) is 3.82. The number of rotatable bonds is 1. The molecule has 2 aromatic heterocycles. The average molecular weight is 188 g/mol. The third-order valence-electron chi connectivity index (χ3n) is 2.33. The summed E-state index contributed by atoms with van der Waals surface area (Å²) >= 11 is 0. The largest absolute Gasteiger partial charge is 0.469 e. The van der Waals surface area contributed by atoms with Crippen LogP contribution >= 0.6 is 0 Å². The quantitative estimate of drug-likeness (QED) is 0.690. The molecule has 0 aromatic carbocycles. The number of aromatic nitrogens is 2. The number of nitrogens with zero attached hydrogens (tertiary/aromatic N) is 2. The van der Waals surface area contributed by atoms with Gasteiger partial charge >= 0.3 is 0 Å². The number of hydrogen-bond donors (Lipinski definition) is 0. The maximum absolute atomic E-state index is 5.22. The molecule has 0 aliphatic heterocycles. The van der Waals surface area contributed by atoms with Crippen molar-refractivity contribution < 1.29 is 4.42 Å². The summed E-state index contributed by atoms with van der Waals surface area (Å²) in [6, 6.07) is 1.91. The van der Waals surface area contributed by atoms with Crippen molar-refractivity contribution in [2.75, 3.05) is 0 Å². The van der Waals surface area contributed by atoms with Crippen LogP contribution in [0.3, 0.4) is 0 Å². The summed E-state index contributed by atoms with van der Waals surface area (Å²) in [5.74, 6) is 0.877. The summed E-state index contributed by atoms with van der Waals surface area (Å²) < 4.78 is 5.22. The summed E-state index contributed by atoms with van der Waals surface area (Å²) in [5, 5.41) is 0. The monoisotopic (exact) mass is 188 g/mol. The minimum atomic E-state index is 0.874. The Morgan fingerprint density at radius 3 is 2.50 bits per heavy atom. The van der Waals surface area contributed by atoms with E-state index in [1.165, 1.54) is 0 Å². The van der Waals surface area contributed by atoms with Gasteiger partial charge in [-0.05, 0) is 26.8 Å². The van der Waals surface area contributed by atoms with E-state index in [1.807, 2.05) is 26.8 Å². The lowest BCUT2D eigenvalue weighted by Crippen LogP contribution is -1.93. The lowest BCUT2D eigenvalue weighted by Gasteiger charge is -2.01. The first-order chi connectivity index (χ1) is 6.68. The van der Waals surface area contributed by atoms with Crippen LogP contribution in [0.5, 0.6) is 0 Å². The van der Waals surface area contributed by atoms with Crippen LogP contribution in [0.1, 0.15) is 17.1 Å². The lowest BCUT2D eigenvalue weighted by molar-refractivity contribution is 0.535. The highest BCUT2D eigenvalue weighted by Gasteiger charge is 2.07. The van der Waals surface area contributed by atoms with E-state index < -0.39 is 0 Å². The molecule has 3 heteroatoms. The minimum Gasteiger partial charge on any atom is -0.469 e. The molecule has 0 aliphatic carbocycles. The van der Waals surface area contributed by atoms with E-state index in [4.69, 9.17) is 4.42 Å². The van der Waals surface area contributed by atoms with Gasteiger partial charge in [-0.15, -0.1) is 0 Å². The molecule has 0 saturated heterocycles. The molecule has 0 radical (unpaired) electrons. The zero-order chi connectivity index (χ0) is 10.1. The van der Waals surface area contributed by atoms with Crippen LogP contribution in [0.2, 0.25) is 0 Å². The molecule has 0 N–H and O–H groups in total. The van der Waals surface area contributed by atoms with Crippen LogP contribution < -0.4 is 0 Å². The summed E-state index contributed by atoms with van der Waals surface area (Å²) in [6.45, 7) is 5.84. The zero-order valence-corrected chi connectivity index (χ0v) is 8.53. The van der Waals surface area contributed by atoms with Gasteiger partial charge in [0.25, 0.3) is 0 Å². The van der Waals surface area contributed by atoms with Crippen molar-refractivity contribution in [2.45, 2.75) is 20.8 Å². The SMILES string of the molecule is Cc1ncc(-c2ccoc2C)nc1C. The highest BCUT2D eigenvalue weighted by Crippen LogP contribution is 2.21. The summed E-state index contributed by atoms with van der Waals surface area (Å²) in [4.78, 5) is 8.73. The van der Waals surface area contributed by atoms with Crippen molar-refractivity contribution in [3.05, 3.63) is 35.7 Å². The van der Waals surface area contributed by atoms with Gasteiger partial charge in [-0.3, -0.25) is 4.98 Å². The molecule has 0 fully saturated rings. The normalized spacial score (nSPS) is 10.5. The molecule has 0 aliphatic rings. The Hall–Kier alpha value is -1.64. The summed E-state index contributed by atoms with van der Waals surface area (Å²) in [7, 11) is 0. The molecule has 0 atom stereocenters. The van der Waals surface area contributed by atoms with Crippen molar-refractivity contribution in [1.82, 2.24) is 9.97 Å². The van der Waals surface area contributed by atoms with Crippen LogP contribution in [-0.4, -0.2) is 9.97 Å². The lowest BCUT2D eigenvalue weighted by atomic mass is 10.2. The van der Waals surface area contributed by atoms with Gasteiger partial charge in [-0.1, -0.05) is 0 Å². The van der Waals surface area contributed by atoms with Gasteiger partial charge < -0.3 is 4.42 Å². The van der Waals surface area contributed by atoms with E-state index in [9.17, 15) is 0 Å². The second-order valence-corrected chi connectivity index (χ2v) is 3.32. The maximum atomic E-state index is 5.22. The van der Waals surface area contributed by atoms with E-state index >= 15 is 0 Å². The average Bonchev–Trinajstić information content (AvgIpc) is 2.57. The second-order valence-electron chi connectivity index (χ2n) is 3.32. The van der Waals surface area contributed by atoms with Gasteiger partial charge in [0.2, 0.25) is 0 Å². The first-order valence-electron chi connectivity index (χ1n) is 4.53. The summed E-state index contributed by atoms with van der Waals surface area (Å²) in [6.07, 6.45) is 3.45. The van der Waals surface area contributed by atoms with Crippen molar-refractivity contribution in [1.29, 1.82) is 0 Å². The molecule has 72 valence electrons. The Labute approximate surface area is 82.8 Å². The van der Waals surface area contributed by atoms with Gasteiger partial charge in [0.05, 0.1) is 29.5 Å². The van der Waals surface area contributed by atoms with Crippen LogP contribution in [0.4, 0.5) is 0 Å². The second kappa shape index (κ2) is 3.25. The minimum absolute atomic E-state index is 0.874. The Balaban J connectivity index is 2.53. The van der Waals surface area contributed by atoms with Gasteiger partial charge in [0.15, 0.2) is 0 Å². The molecule has 0 spiro atoms. The predicted molar refractivity (Wildman–Crippen MR) is 53.9 cm³/mol. The van der Waals surface area contributed by atoms with E-state index in [0.29, 0.717) is 0 Å². The fourth-order valence-electron chi connectivity index (χ4n) is 1.32. The van der Waals surface area contributed by atoms with Crippen molar-refractivity contribution >= 4 is 0 Å². The molecule has 0 bridgehead atoms. The van der Waals surface area contributed by atoms with Crippen molar-refractivity contribution in [2.24, 2.45) is 0 Å². The number of aryl methyl sites for hydroxylation is 3. The molecule has 2 heterocycles. The predicted octanol–water partition coefficient (Wildman–Crippen LogP) is 2.66.